The normalized spacial score (nSPS) is 17.0. The van der Waals surface area contributed by atoms with Gasteiger partial charge in [-0.3, -0.25) is 9.55 Å². The van der Waals surface area contributed by atoms with Crippen molar-refractivity contribution >= 4 is 11.6 Å². The van der Waals surface area contributed by atoms with E-state index >= 15 is 0 Å². The predicted octanol–water partition coefficient (Wildman–Crippen LogP) is 2.62. The molecule has 6 nitrogen and oxygen atoms in total. The van der Waals surface area contributed by atoms with E-state index in [1.807, 2.05) is 16.7 Å². The van der Waals surface area contributed by atoms with Crippen LogP contribution >= 0.6 is 0 Å². The van der Waals surface area contributed by atoms with Gasteiger partial charge in [-0.25, -0.2) is 0 Å². The van der Waals surface area contributed by atoms with Crippen LogP contribution in [0.4, 0.5) is 11.6 Å². The summed E-state index contributed by atoms with van der Waals surface area (Å²) in [5, 5.41) is 11.4. The lowest BCUT2D eigenvalue weighted by molar-refractivity contribution is 0.0411. The summed E-state index contributed by atoms with van der Waals surface area (Å²) in [6.45, 7) is 0.775. The number of pyridine rings is 1. The topological polar surface area (TPSA) is 64.9 Å². The molecule has 1 N–H and O–H groups in total. The fourth-order valence-corrected chi connectivity index (χ4v) is 2.99. The summed E-state index contributed by atoms with van der Waals surface area (Å²) in [5.74, 6) is 1.37. The van der Waals surface area contributed by atoms with E-state index in [0.29, 0.717) is 5.92 Å². The third kappa shape index (κ3) is 3.39. The van der Waals surface area contributed by atoms with Crippen LogP contribution in [0.15, 0.2) is 30.9 Å². The molecule has 21 heavy (non-hydrogen) atoms. The van der Waals surface area contributed by atoms with E-state index in [1.54, 1.807) is 25.8 Å². The first-order valence-electron chi connectivity index (χ1n) is 7.44. The summed E-state index contributed by atoms with van der Waals surface area (Å²) in [7, 11) is 1.79. The van der Waals surface area contributed by atoms with Gasteiger partial charge in [0.2, 0.25) is 5.95 Å². The average molecular weight is 287 g/mol. The van der Waals surface area contributed by atoms with Gasteiger partial charge in [-0.05, 0) is 30.9 Å². The van der Waals surface area contributed by atoms with Crippen molar-refractivity contribution in [2.45, 2.75) is 38.3 Å². The molecule has 1 aliphatic carbocycles. The van der Waals surface area contributed by atoms with E-state index in [9.17, 15) is 0 Å². The summed E-state index contributed by atoms with van der Waals surface area (Å²) in [4.78, 5) is 4.09. The fraction of sp³-hybridized carbons (Fsp3) is 0.533. The smallest absolute Gasteiger partial charge is 0.228 e. The Bertz CT molecular complexity index is 550. The van der Waals surface area contributed by atoms with E-state index in [1.165, 1.54) is 25.7 Å². The zero-order chi connectivity index (χ0) is 14.5. The Labute approximate surface area is 124 Å². The highest BCUT2D eigenvalue weighted by atomic mass is 16.5. The minimum atomic E-state index is 0.220. The molecule has 0 bridgehead atoms. The molecule has 1 atom stereocenters. The van der Waals surface area contributed by atoms with Gasteiger partial charge in [0.1, 0.15) is 6.33 Å². The van der Waals surface area contributed by atoms with Crippen LogP contribution in [0.1, 0.15) is 25.7 Å². The number of aromatic nitrogens is 4. The molecular formula is C15H21N5O. The molecule has 0 radical (unpaired) electrons. The largest absolute Gasteiger partial charge is 0.379 e. The molecule has 1 aliphatic rings. The number of nitrogens with one attached hydrogen (secondary N) is 1. The van der Waals surface area contributed by atoms with Gasteiger partial charge in [-0.2, -0.15) is 0 Å². The zero-order valence-electron chi connectivity index (χ0n) is 12.3. The van der Waals surface area contributed by atoms with E-state index in [2.05, 4.69) is 20.5 Å². The second-order valence-electron chi connectivity index (χ2n) is 5.49. The number of anilines is 2. The summed E-state index contributed by atoms with van der Waals surface area (Å²) >= 11 is 0. The maximum atomic E-state index is 5.70. The van der Waals surface area contributed by atoms with E-state index in [0.717, 1.165) is 18.2 Å². The monoisotopic (exact) mass is 287 g/mol. The third-order valence-electron chi connectivity index (χ3n) is 4.14. The van der Waals surface area contributed by atoms with Gasteiger partial charge in [0, 0.05) is 13.3 Å². The van der Waals surface area contributed by atoms with Gasteiger partial charge in [-0.15, -0.1) is 10.2 Å². The number of methoxy groups -OCH3 is 1. The number of hydrogen-bond donors (Lipinski definition) is 1. The molecule has 0 spiro atoms. The van der Waals surface area contributed by atoms with E-state index < -0.39 is 0 Å². The number of nitrogens with zero attached hydrogens (tertiary/aromatic N) is 4. The van der Waals surface area contributed by atoms with Gasteiger partial charge >= 0.3 is 0 Å². The van der Waals surface area contributed by atoms with E-state index in [-0.39, 0.29) is 6.10 Å². The summed E-state index contributed by atoms with van der Waals surface area (Å²) in [6.07, 6.45) is 10.6. The summed E-state index contributed by atoms with van der Waals surface area (Å²) in [6, 6.07) is 3.84. The molecule has 0 amide bonds. The molecule has 6 heteroatoms. The molecule has 1 saturated carbocycles. The number of rotatable bonds is 6. The van der Waals surface area contributed by atoms with Crippen LogP contribution in [0.3, 0.4) is 0 Å². The Balaban J connectivity index is 1.69. The zero-order valence-corrected chi connectivity index (χ0v) is 12.3. The lowest BCUT2D eigenvalue weighted by Crippen LogP contribution is -2.26. The van der Waals surface area contributed by atoms with Crippen molar-refractivity contribution < 1.29 is 4.74 Å². The van der Waals surface area contributed by atoms with Crippen LogP contribution in [0.2, 0.25) is 0 Å². The highest BCUT2D eigenvalue weighted by Crippen LogP contribution is 2.30. The molecule has 112 valence electrons. The van der Waals surface area contributed by atoms with E-state index in [4.69, 9.17) is 4.74 Å². The number of ether oxygens (including phenoxy) is 1. The second kappa shape index (κ2) is 6.67. The van der Waals surface area contributed by atoms with Crippen molar-refractivity contribution in [2.24, 2.45) is 5.92 Å². The second-order valence-corrected chi connectivity index (χ2v) is 5.49. The first kappa shape index (κ1) is 14.0. The molecule has 0 saturated heterocycles. The van der Waals surface area contributed by atoms with Crippen molar-refractivity contribution in [3.05, 3.63) is 30.9 Å². The van der Waals surface area contributed by atoms with Gasteiger partial charge < -0.3 is 10.1 Å². The highest BCUT2D eigenvalue weighted by molar-refractivity contribution is 5.50. The molecule has 0 aromatic carbocycles. The van der Waals surface area contributed by atoms with Crippen LogP contribution in [-0.2, 0) is 11.3 Å². The Kier molecular flexibility index (Phi) is 4.45. The maximum Gasteiger partial charge on any atom is 0.228 e. The quantitative estimate of drug-likeness (QED) is 0.884. The van der Waals surface area contributed by atoms with Crippen molar-refractivity contribution in [1.82, 2.24) is 19.7 Å². The molecule has 2 aromatic rings. The van der Waals surface area contributed by atoms with Crippen molar-refractivity contribution in [2.75, 3.05) is 12.4 Å². The Hall–Kier alpha value is -1.95. The molecule has 1 fully saturated rings. The SMILES string of the molecule is COC(Cn1cnnc1Nc1cccnc1)C1CCCC1. The van der Waals surface area contributed by atoms with Crippen LogP contribution in [0.25, 0.3) is 0 Å². The predicted molar refractivity (Wildman–Crippen MR) is 80.3 cm³/mol. The third-order valence-corrected chi connectivity index (χ3v) is 4.14. The first-order chi connectivity index (χ1) is 10.4. The Morgan fingerprint density at radius 1 is 1.43 bits per heavy atom. The molecule has 1 unspecified atom stereocenters. The first-order valence-corrected chi connectivity index (χ1v) is 7.44. The van der Waals surface area contributed by atoms with Crippen LogP contribution in [-0.4, -0.2) is 33.0 Å². The van der Waals surface area contributed by atoms with Gasteiger partial charge in [-0.1, -0.05) is 12.8 Å². The standard InChI is InChI=1S/C15H21N5O/c1-21-14(12-5-2-3-6-12)10-20-11-17-19-15(20)18-13-7-4-8-16-9-13/h4,7-9,11-12,14H,2-3,5-6,10H2,1H3,(H,18,19). The molecular weight excluding hydrogens is 266 g/mol. The average Bonchev–Trinajstić information content (AvgIpc) is 3.18. The van der Waals surface area contributed by atoms with Crippen molar-refractivity contribution in [3.8, 4) is 0 Å². The highest BCUT2D eigenvalue weighted by Gasteiger charge is 2.25. The lowest BCUT2D eigenvalue weighted by atomic mass is 10.0. The minimum Gasteiger partial charge on any atom is -0.379 e. The molecule has 2 aromatic heterocycles. The van der Waals surface area contributed by atoms with Gasteiger partial charge in [0.25, 0.3) is 0 Å². The molecule has 0 aliphatic heterocycles. The maximum absolute atomic E-state index is 5.70. The minimum absolute atomic E-state index is 0.220. The Morgan fingerprint density at radius 2 is 2.29 bits per heavy atom. The lowest BCUT2D eigenvalue weighted by Gasteiger charge is -2.22. The van der Waals surface area contributed by atoms with Gasteiger partial charge in [0.15, 0.2) is 0 Å². The fourth-order valence-electron chi connectivity index (χ4n) is 2.99. The van der Waals surface area contributed by atoms with Crippen LogP contribution in [0, 0.1) is 5.92 Å². The molecule has 3 rings (SSSR count). The van der Waals surface area contributed by atoms with Gasteiger partial charge in [0.05, 0.1) is 24.5 Å². The number of hydrogen-bond acceptors (Lipinski definition) is 5. The van der Waals surface area contributed by atoms with Crippen LogP contribution in [0.5, 0.6) is 0 Å². The Morgan fingerprint density at radius 3 is 3.00 bits per heavy atom. The summed E-state index contributed by atoms with van der Waals surface area (Å²) < 4.78 is 7.71. The molecule has 2 heterocycles. The summed E-state index contributed by atoms with van der Waals surface area (Å²) in [5.41, 5.74) is 0.904. The van der Waals surface area contributed by atoms with Crippen molar-refractivity contribution in [3.63, 3.8) is 0 Å². The van der Waals surface area contributed by atoms with Crippen molar-refractivity contribution in [1.29, 1.82) is 0 Å². The van der Waals surface area contributed by atoms with Crippen LogP contribution < -0.4 is 5.32 Å².